The van der Waals surface area contributed by atoms with Crippen molar-refractivity contribution >= 4 is 27.5 Å². The number of rotatable bonds is 5. The fourth-order valence-electron chi connectivity index (χ4n) is 3.11. The summed E-state index contributed by atoms with van der Waals surface area (Å²) in [5.41, 5.74) is 1.19. The lowest BCUT2D eigenvalue weighted by molar-refractivity contribution is 0.310. The third kappa shape index (κ3) is 3.56. The minimum atomic E-state index is 0.311. The Morgan fingerprint density at radius 1 is 1.40 bits per heavy atom. The molecule has 1 aliphatic carbocycles. The molecule has 2 aliphatic rings. The van der Waals surface area contributed by atoms with E-state index in [4.69, 9.17) is 11.6 Å². The van der Waals surface area contributed by atoms with Gasteiger partial charge in [-0.3, -0.25) is 0 Å². The van der Waals surface area contributed by atoms with E-state index in [1.165, 1.54) is 37.9 Å². The standard InChI is InChI=1S/C16H22BrClN2/c1-11(15-5-2-13(17)8-16(15)18)19-9-12-6-7-20(10-12)14-3-4-14/h2,5,8,11-12,14,19H,3-4,6-7,9-10H2,1H3. The predicted molar refractivity (Wildman–Crippen MR) is 88.3 cm³/mol. The van der Waals surface area contributed by atoms with Gasteiger partial charge in [0.15, 0.2) is 0 Å². The summed E-state index contributed by atoms with van der Waals surface area (Å²) in [6.45, 7) is 5.86. The molecule has 1 heterocycles. The molecule has 1 saturated heterocycles. The van der Waals surface area contributed by atoms with Crippen LogP contribution in [-0.4, -0.2) is 30.6 Å². The van der Waals surface area contributed by atoms with Gasteiger partial charge in [0.2, 0.25) is 0 Å². The molecule has 2 fully saturated rings. The van der Waals surface area contributed by atoms with E-state index in [0.29, 0.717) is 6.04 Å². The fraction of sp³-hybridized carbons (Fsp3) is 0.625. The Morgan fingerprint density at radius 2 is 2.20 bits per heavy atom. The summed E-state index contributed by atoms with van der Waals surface area (Å²) in [5.74, 6) is 0.798. The lowest BCUT2D eigenvalue weighted by Gasteiger charge is -2.19. The highest BCUT2D eigenvalue weighted by atomic mass is 79.9. The van der Waals surface area contributed by atoms with Crippen LogP contribution in [0.25, 0.3) is 0 Å². The average molecular weight is 358 g/mol. The van der Waals surface area contributed by atoms with Gasteiger partial charge < -0.3 is 10.2 Å². The molecular formula is C16H22BrClN2. The zero-order chi connectivity index (χ0) is 14.1. The number of likely N-dealkylation sites (tertiary alicyclic amines) is 1. The van der Waals surface area contributed by atoms with Gasteiger partial charge in [0, 0.05) is 28.1 Å². The molecule has 1 aliphatic heterocycles. The molecule has 0 bridgehead atoms. The molecule has 1 aromatic rings. The zero-order valence-electron chi connectivity index (χ0n) is 11.9. The quantitative estimate of drug-likeness (QED) is 0.848. The van der Waals surface area contributed by atoms with E-state index >= 15 is 0 Å². The second-order valence-corrected chi connectivity index (χ2v) is 7.50. The van der Waals surface area contributed by atoms with Gasteiger partial charge >= 0.3 is 0 Å². The fourth-order valence-corrected chi connectivity index (χ4v) is 3.94. The monoisotopic (exact) mass is 356 g/mol. The second-order valence-electron chi connectivity index (χ2n) is 6.18. The van der Waals surface area contributed by atoms with Gasteiger partial charge in [0.25, 0.3) is 0 Å². The molecule has 1 N–H and O–H groups in total. The van der Waals surface area contributed by atoms with Crippen molar-refractivity contribution in [1.82, 2.24) is 10.2 Å². The maximum atomic E-state index is 6.31. The molecule has 20 heavy (non-hydrogen) atoms. The highest BCUT2D eigenvalue weighted by molar-refractivity contribution is 9.10. The lowest BCUT2D eigenvalue weighted by atomic mass is 10.1. The van der Waals surface area contributed by atoms with Crippen LogP contribution in [0, 0.1) is 5.92 Å². The van der Waals surface area contributed by atoms with Gasteiger partial charge in [0.05, 0.1) is 0 Å². The van der Waals surface area contributed by atoms with Crippen molar-refractivity contribution in [1.29, 1.82) is 0 Å². The smallest absolute Gasteiger partial charge is 0.0464 e. The van der Waals surface area contributed by atoms with Crippen molar-refractivity contribution in [2.24, 2.45) is 5.92 Å². The molecular weight excluding hydrogens is 336 g/mol. The van der Waals surface area contributed by atoms with Crippen molar-refractivity contribution < 1.29 is 0 Å². The number of halogens is 2. The van der Waals surface area contributed by atoms with Gasteiger partial charge in [-0.15, -0.1) is 0 Å². The second kappa shape index (κ2) is 6.35. The van der Waals surface area contributed by atoms with Crippen LogP contribution in [0.5, 0.6) is 0 Å². The third-order valence-electron chi connectivity index (χ3n) is 4.52. The number of nitrogens with one attached hydrogen (secondary N) is 1. The Labute approximate surface area is 135 Å². The van der Waals surface area contributed by atoms with Gasteiger partial charge in [-0.25, -0.2) is 0 Å². The highest BCUT2D eigenvalue weighted by Gasteiger charge is 2.34. The molecule has 3 rings (SSSR count). The number of hydrogen-bond acceptors (Lipinski definition) is 2. The Kier molecular flexibility index (Phi) is 4.71. The largest absolute Gasteiger partial charge is 0.310 e. The molecule has 110 valence electrons. The zero-order valence-corrected chi connectivity index (χ0v) is 14.3. The van der Waals surface area contributed by atoms with E-state index < -0.39 is 0 Å². The van der Waals surface area contributed by atoms with Gasteiger partial charge in [-0.2, -0.15) is 0 Å². The molecule has 0 radical (unpaired) electrons. The first-order valence-electron chi connectivity index (χ1n) is 7.56. The molecule has 0 amide bonds. The molecule has 1 saturated carbocycles. The SMILES string of the molecule is CC(NCC1CCN(C2CC2)C1)c1ccc(Br)cc1Cl. The molecule has 1 aromatic carbocycles. The van der Waals surface area contributed by atoms with E-state index in [9.17, 15) is 0 Å². The van der Waals surface area contributed by atoms with E-state index in [2.05, 4.69) is 45.2 Å². The molecule has 4 heteroatoms. The Balaban J connectivity index is 1.50. The van der Waals surface area contributed by atoms with Crippen molar-refractivity contribution in [3.05, 3.63) is 33.3 Å². The van der Waals surface area contributed by atoms with Crippen LogP contribution in [0.2, 0.25) is 5.02 Å². The first-order valence-corrected chi connectivity index (χ1v) is 8.73. The average Bonchev–Trinajstić information content (AvgIpc) is 3.15. The molecule has 0 spiro atoms. The Bertz CT molecular complexity index is 476. The van der Waals surface area contributed by atoms with Gasteiger partial charge in [0.1, 0.15) is 0 Å². The maximum absolute atomic E-state index is 6.31. The highest BCUT2D eigenvalue weighted by Crippen LogP contribution is 2.32. The van der Waals surface area contributed by atoms with Crippen molar-refractivity contribution in [2.45, 2.75) is 38.3 Å². The van der Waals surface area contributed by atoms with Crippen LogP contribution in [0.4, 0.5) is 0 Å². The molecule has 2 nitrogen and oxygen atoms in total. The maximum Gasteiger partial charge on any atom is 0.0464 e. The Hall–Kier alpha value is -0.0900. The van der Waals surface area contributed by atoms with Crippen LogP contribution >= 0.6 is 27.5 Å². The Morgan fingerprint density at radius 3 is 2.90 bits per heavy atom. The number of benzene rings is 1. The van der Waals surface area contributed by atoms with Crippen LogP contribution in [0.3, 0.4) is 0 Å². The van der Waals surface area contributed by atoms with Crippen molar-refractivity contribution in [3.8, 4) is 0 Å². The first-order chi connectivity index (χ1) is 9.63. The van der Waals surface area contributed by atoms with Crippen LogP contribution in [0.15, 0.2) is 22.7 Å². The topological polar surface area (TPSA) is 15.3 Å². The molecule has 2 atom stereocenters. The summed E-state index contributed by atoms with van der Waals surface area (Å²) in [4.78, 5) is 2.67. The minimum absolute atomic E-state index is 0.311. The lowest BCUT2D eigenvalue weighted by Crippen LogP contribution is -2.29. The molecule has 0 aromatic heterocycles. The summed E-state index contributed by atoms with van der Waals surface area (Å²) in [5, 5.41) is 4.49. The van der Waals surface area contributed by atoms with E-state index in [1.54, 1.807) is 0 Å². The van der Waals surface area contributed by atoms with E-state index in [-0.39, 0.29) is 0 Å². The number of nitrogens with zero attached hydrogens (tertiary/aromatic N) is 1. The number of hydrogen-bond donors (Lipinski definition) is 1. The third-order valence-corrected chi connectivity index (χ3v) is 5.34. The normalized spacial score (nSPS) is 25.1. The summed E-state index contributed by atoms with van der Waals surface area (Å²) in [7, 11) is 0. The van der Waals surface area contributed by atoms with Crippen molar-refractivity contribution in [2.75, 3.05) is 19.6 Å². The summed E-state index contributed by atoms with van der Waals surface area (Å²) in [6.07, 6.45) is 4.18. The summed E-state index contributed by atoms with van der Waals surface area (Å²) >= 11 is 9.77. The summed E-state index contributed by atoms with van der Waals surface area (Å²) < 4.78 is 1.04. The minimum Gasteiger partial charge on any atom is -0.310 e. The van der Waals surface area contributed by atoms with Gasteiger partial charge in [-0.05, 0) is 62.9 Å². The van der Waals surface area contributed by atoms with Crippen LogP contribution in [-0.2, 0) is 0 Å². The summed E-state index contributed by atoms with van der Waals surface area (Å²) in [6, 6.07) is 7.36. The molecule has 2 unspecified atom stereocenters. The van der Waals surface area contributed by atoms with E-state index in [1.807, 2.05) is 6.07 Å². The van der Waals surface area contributed by atoms with E-state index in [0.717, 1.165) is 28.0 Å². The van der Waals surface area contributed by atoms with Gasteiger partial charge in [-0.1, -0.05) is 33.6 Å². The van der Waals surface area contributed by atoms with Crippen LogP contribution < -0.4 is 5.32 Å². The van der Waals surface area contributed by atoms with Crippen molar-refractivity contribution in [3.63, 3.8) is 0 Å². The van der Waals surface area contributed by atoms with Crippen LogP contribution in [0.1, 0.15) is 37.8 Å². The predicted octanol–water partition coefficient (Wildman–Crippen LogP) is 4.24. The first kappa shape index (κ1) is 14.8.